The second kappa shape index (κ2) is 5.59. The van der Waals surface area contributed by atoms with Gasteiger partial charge < -0.3 is 14.7 Å². The molecule has 0 N–H and O–H groups in total. The minimum Gasteiger partial charge on any atom is -0.338 e. The van der Waals surface area contributed by atoms with Crippen molar-refractivity contribution < 1.29 is 14.0 Å². The predicted octanol–water partition coefficient (Wildman–Crippen LogP) is 1.40. The smallest absolute Gasteiger partial charge is 0.319 e. The van der Waals surface area contributed by atoms with Crippen molar-refractivity contribution >= 4 is 11.9 Å². The monoisotopic (exact) mass is 305 g/mol. The first kappa shape index (κ1) is 14.8. The third kappa shape index (κ3) is 2.65. The molecule has 2 saturated heterocycles. The van der Waals surface area contributed by atoms with Gasteiger partial charge in [-0.15, -0.1) is 0 Å². The van der Waals surface area contributed by atoms with E-state index >= 15 is 0 Å². The third-order valence-corrected chi connectivity index (χ3v) is 4.44. The van der Waals surface area contributed by atoms with Crippen molar-refractivity contribution in [3.63, 3.8) is 0 Å². The zero-order chi connectivity index (χ0) is 15.9. The lowest BCUT2D eigenvalue weighted by molar-refractivity contribution is -0.131. The van der Waals surface area contributed by atoms with Crippen LogP contribution >= 0.6 is 0 Å². The molecule has 3 amide bonds. The highest BCUT2D eigenvalue weighted by Crippen LogP contribution is 2.33. The van der Waals surface area contributed by atoms with Crippen molar-refractivity contribution in [1.82, 2.24) is 14.7 Å². The molecule has 2 aliphatic rings. The Balaban J connectivity index is 1.65. The summed E-state index contributed by atoms with van der Waals surface area (Å²) in [5.74, 6) is -0.141. The lowest BCUT2D eigenvalue weighted by Crippen LogP contribution is -2.40. The maximum absolute atomic E-state index is 13.2. The van der Waals surface area contributed by atoms with Gasteiger partial charge in [-0.2, -0.15) is 0 Å². The standard InChI is InChI=1S/C16H20FN3O2/c1-18(2)16(22)20-9-12-8-19(15(21)14(12)10-20)7-11-4-3-5-13(17)6-11/h3-6,12,14H,7-10H2,1-2H3/t12-,14+/m0/s1. The minimum absolute atomic E-state index is 0.0427. The van der Waals surface area contributed by atoms with Crippen LogP contribution in [0.5, 0.6) is 0 Å². The number of hydrogen-bond donors (Lipinski definition) is 0. The molecule has 5 nitrogen and oxygen atoms in total. The summed E-state index contributed by atoms with van der Waals surface area (Å²) in [5, 5.41) is 0. The number of hydrogen-bond acceptors (Lipinski definition) is 2. The Morgan fingerprint density at radius 2 is 2.09 bits per heavy atom. The predicted molar refractivity (Wildman–Crippen MR) is 79.5 cm³/mol. The number of carbonyl (C=O) groups is 2. The molecule has 0 aromatic heterocycles. The number of rotatable bonds is 2. The number of halogens is 1. The van der Waals surface area contributed by atoms with Crippen LogP contribution in [0, 0.1) is 17.7 Å². The lowest BCUT2D eigenvalue weighted by atomic mass is 10.0. The summed E-state index contributed by atoms with van der Waals surface area (Å²) < 4.78 is 13.2. The molecule has 2 heterocycles. The van der Waals surface area contributed by atoms with Crippen LogP contribution in [0.2, 0.25) is 0 Å². The SMILES string of the molecule is CN(C)C(=O)N1C[C@@H]2CN(Cc3cccc(F)c3)C(=O)[C@@H]2C1. The Labute approximate surface area is 129 Å². The molecule has 2 aliphatic heterocycles. The van der Waals surface area contributed by atoms with Crippen molar-refractivity contribution in [1.29, 1.82) is 0 Å². The van der Waals surface area contributed by atoms with Crippen LogP contribution in [-0.2, 0) is 11.3 Å². The molecule has 3 rings (SSSR count). The van der Waals surface area contributed by atoms with Crippen LogP contribution in [0.1, 0.15) is 5.56 Å². The zero-order valence-corrected chi connectivity index (χ0v) is 12.8. The normalized spacial score (nSPS) is 23.9. The summed E-state index contributed by atoms with van der Waals surface area (Å²) in [5.41, 5.74) is 0.801. The van der Waals surface area contributed by atoms with Crippen molar-refractivity contribution in [2.24, 2.45) is 11.8 Å². The molecule has 2 fully saturated rings. The van der Waals surface area contributed by atoms with E-state index in [1.807, 2.05) is 6.07 Å². The van der Waals surface area contributed by atoms with Gasteiger partial charge in [-0.25, -0.2) is 9.18 Å². The van der Waals surface area contributed by atoms with Gasteiger partial charge in [0, 0.05) is 46.2 Å². The van der Waals surface area contributed by atoms with E-state index in [9.17, 15) is 14.0 Å². The molecule has 0 bridgehead atoms. The largest absolute Gasteiger partial charge is 0.338 e. The fourth-order valence-electron chi connectivity index (χ4n) is 3.38. The van der Waals surface area contributed by atoms with Crippen molar-refractivity contribution in [3.05, 3.63) is 35.6 Å². The minimum atomic E-state index is -0.285. The number of urea groups is 1. The van der Waals surface area contributed by atoms with Gasteiger partial charge in [0.2, 0.25) is 5.91 Å². The molecule has 0 spiro atoms. The van der Waals surface area contributed by atoms with E-state index in [0.717, 1.165) is 5.56 Å². The van der Waals surface area contributed by atoms with Gasteiger partial charge in [0.25, 0.3) is 0 Å². The molecule has 1 aromatic rings. The van der Waals surface area contributed by atoms with Crippen LogP contribution in [0.25, 0.3) is 0 Å². The average Bonchev–Trinajstić information content (AvgIpc) is 2.99. The average molecular weight is 305 g/mol. The molecule has 2 atom stereocenters. The van der Waals surface area contributed by atoms with Crippen LogP contribution in [0.4, 0.5) is 9.18 Å². The molecule has 6 heteroatoms. The number of nitrogens with zero attached hydrogens (tertiary/aromatic N) is 3. The topological polar surface area (TPSA) is 43.9 Å². The van der Waals surface area contributed by atoms with E-state index in [1.54, 1.807) is 30.0 Å². The maximum atomic E-state index is 13.2. The van der Waals surface area contributed by atoms with Gasteiger partial charge in [0.15, 0.2) is 0 Å². The molecular weight excluding hydrogens is 285 g/mol. The highest BCUT2D eigenvalue weighted by Gasteiger charge is 2.47. The first-order chi connectivity index (χ1) is 10.5. The van der Waals surface area contributed by atoms with Gasteiger partial charge in [0.1, 0.15) is 5.82 Å². The summed E-state index contributed by atoms with van der Waals surface area (Å²) in [6, 6.07) is 6.30. The van der Waals surface area contributed by atoms with Crippen LogP contribution in [0.3, 0.4) is 0 Å². The number of fused-ring (bicyclic) bond motifs is 1. The molecule has 0 aliphatic carbocycles. The quantitative estimate of drug-likeness (QED) is 0.829. The fraction of sp³-hybridized carbons (Fsp3) is 0.500. The number of benzene rings is 1. The van der Waals surface area contributed by atoms with E-state index in [1.165, 1.54) is 17.0 Å². The molecule has 0 saturated carbocycles. The summed E-state index contributed by atoms with van der Waals surface area (Å²) in [6.07, 6.45) is 0. The molecule has 118 valence electrons. The zero-order valence-electron chi connectivity index (χ0n) is 12.8. The summed E-state index contributed by atoms with van der Waals surface area (Å²) in [4.78, 5) is 29.5. The first-order valence-electron chi connectivity index (χ1n) is 7.45. The van der Waals surface area contributed by atoms with Crippen molar-refractivity contribution in [2.45, 2.75) is 6.54 Å². The van der Waals surface area contributed by atoms with Gasteiger partial charge in [-0.1, -0.05) is 12.1 Å². The van der Waals surface area contributed by atoms with E-state index in [-0.39, 0.29) is 29.6 Å². The lowest BCUT2D eigenvalue weighted by Gasteiger charge is -2.24. The second-order valence-corrected chi connectivity index (χ2v) is 6.30. The Hall–Kier alpha value is -2.11. The van der Waals surface area contributed by atoms with Crippen LogP contribution in [0.15, 0.2) is 24.3 Å². The summed E-state index contributed by atoms with van der Waals surface area (Å²) in [6.45, 7) is 2.18. The number of likely N-dealkylation sites (tertiary alicyclic amines) is 2. The van der Waals surface area contributed by atoms with Gasteiger partial charge in [0.05, 0.1) is 5.92 Å². The van der Waals surface area contributed by atoms with Crippen molar-refractivity contribution in [2.75, 3.05) is 33.7 Å². The number of carbonyl (C=O) groups excluding carboxylic acids is 2. The summed E-state index contributed by atoms with van der Waals surface area (Å²) >= 11 is 0. The Morgan fingerprint density at radius 3 is 2.73 bits per heavy atom. The highest BCUT2D eigenvalue weighted by molar-refractivity contribution is 5.84. The molecule has 0 radical (unpaired) electrons. The Bertz CT molecular complexity index is 605. The van der Waals surface area contributed by atoms with Crippen molar-refractivity contribution in [3.8, 4) is 0 Å². The maximum Gasteiger partial charge on any atom is 0.319 e. The highest BCUT2D eigenvalue weighted by atomic mass is 19.1. The fourth-order valence-corrected chi connectivity index (χ4v) is 3.38. The second-order valence-electron chi connectivity index (χ2n) is 6.30. The van der Waals surface area contributed by atoms with Crippen LogP contribution < -0.4 is 0 Å². The molecular formula is C16H20FN3O2. The Kier molecular flexibility index (Phi) is 3.76. The van der Waals surface area contributed by atoms with Gasteiger partial charge in [-0.3, -0.25) is 4.79 Å². The van der Waals surface area contributed by atoms with E-state index in [4.69, 9.17) is 0 Å². The Morgan fingerprint density at radius 1 is 1.32 bits per heavy atom. The van der Waals surface area contributed by atoms with Gasteiger partial charge in [-0.05, 0) is 17.7 Å². The van der Waals surface area contributed by atoms with E-state index < -0.39 is 0 Å². The number of amides is 3. The molecule has 0 unspecified atom stereocenters. The van der Waals surface area contributed by atoms with Gasteiger partial charge >= 0.3 is 6.03 Å². The van der Waals surface area contributed by atoms with E-state index in [2.05, 4.69) is 0 Å². The molecule has 1 aromatic carbocycles. The van der Waals surface area contributed by atoms with Crippen LogP contribution in [-0.4, -0.2) is 60.4 Å². The first-order valence-corrected chi connectivity index (χ1v) is 7.45. The molecule has 22 heavy (non-hydrogen) atoms. The van der Waals surface area contributed by atoms with E-state index in [0.29, 0.717) is 26.2 Å². The third-order valence-electron chi connectivity index (χ3n) is 4.44. The summed E-state index contributed by atoms with van der Waals surface area (Å²) in [7, 11) is 3.43.